The average molecular weight is 1010 g/mol. The first-order chi connectivity index (χ1) is 38.4. The number of pyridine rings is 1. The van der Waals surface area contributed by atoms with Crippen molar-refractivity contribution in [2.24, 2.45) is 0 Å². The second-order valence-corrected chi connectivity index (χ2v) is 24.3. The first kappa shape index (κ1) is 45.9. The van der Waals surface area contributed by atoms with Crippen LogP contribution < -0.4 is 26.2 Å². The Morgan fingerprint density at radius 2 is 0.709 bits per heavy atom. The number of fused-ring (bicyclic) bond motifs is 6. The van der Waals surface area contributed by atoms with E-state index in [-0.39, 0.29) is 17.5 Å². The van der Waals surface area contributed by atoms with Crippen molar-refractivity contribution in [3.63, 3.8) is 0 Å². The number of anilines is 6. The van der Waals surface area contributed by atoms with Crippen molar-refractivity contribution in [3.8, 4) is 33.6 Å². The molecular weight excluding hydrogens is 954 g/mol. The van der Waals surface area contributed by atoms with Crippen molar-refractivity contribution in [2.75, 3.05) is 9.80 Å². The molecule has 14 aromatic rings. The van der Waals surface area contributed by atoms with Crippen LogP contribution in [-0.4, -0.2) is 11.7 Å². The summed E-state index contributed by atoms with van der Waals surface area (Å²) < 4.78 is 0. The van der Waals surface area contributed by atoms with E-state index in [0.717, 1.165) is 45.0 Å². The van der Waals surface area contributed by atoms with Crippen molar-refractivity contribution in [3.05, 3.63) is 242 Å². The van der Waals surface area contributed by atoms with Gasteiger partial charge >= 0.3 is 0 Å². The molecule has 0 atom stereocenters. The molecule has 0 fully saturated rings. The predicted octanol–water partition coefficient (Wildman–Crippen LogP) is 18.6. The van der Waals surface area contributed by atoms with E-state index in [4.69, 9.17) is 4.98 Å². The number of benzene rings is 13. The molecule has 0 spiro atoms. The third-order valence-corrected chi connectivity index (χ3v) is 17.6. The third-order valence-electron chi connectivity index (χ3n) is 17.6. The minimum atomic E-state index is -0.125. The second kappa shape index (κ2) is 16.6. The van der Waals surface area contributed by atoms with Crippen molar-refractivity contribution in [1.29, 1.82) is 0 Å². The molecule has 3 heterocycles. The fourth-order valence-corrected chi connectivity index (χ4v) is 13.7. The lowest BCUT2D eigenvalue weighted by atomic mass is 9.33. The van der Waals surface area contributed by atoms with Crippen LogP contribution in [0.25, 0.3) is 98.3 Å². The lowest BCUT2D eigenvalue weighted by molar-refractivity contribution is 0.590. The predicted molar refractivity (Wildman–Crippen MR) is 339 cm³/mol. The highest BCUT2D eigenvalue weighted by Gasteiger charge is 2.46. The molecule has 0 aliphatic carbocycles. The van der Waals surface area contributed by atoms with E-state index < -0.39 is 0 Å². The van der Waals surface area contributed by atoms with Crippen LogP contribution in [0.4, 0.5) is 34.1 Å². The van der Waals surface area contributed by atoms with Crippen molar-refractivity contribution in [1.82, 2.24) is 4.98 Å². The quantitative estimate of drug-likeness (QED) is 0.127. The topological polar surface area (TPSA) is 19.4 Å². The maximum absolute atomic E-state index is 5.42. The molecule has 0 saturated carbocycles. The van der Waals surface area contributed by atoms with Gasteiger partial charge in [-0.2, -0.15) is 0 Å². The Kier molecular flexibility index (Phi) is 9.66. The molecule has 4 heteroatoms. The van der Waals surface area contributed by atoms with Gasteiger partial charge in [0.2, 0.25) is 0 Å². The van der Waals surface area contributed by atoms with Gasteiger partial charge in [-0.25, -0.2) is 4.98 Å². The van der Waals surface area contributed by atoms with Crippen LogP contribution in [0.2, 0.25) is 0 Å². The maximum Gasteiger partial charge on any atom is 0.252 e. The van der Waals surface area contributed by atoms with E-state index in [2.05, 4.69) is 282 Å². The fourth-order valence-electron chi connectivity index (χ4n) is 13.7. The molecule has 0 unspecified atom stereocenters. The molecule has 13 aromatic carbocycles. The fraction of sp³-hybridized carbons (Fsp3) is 0.107. The van der Waals surface area contributed by atoms with Crippen LogP contribution in [-0.2, 0) is 10.8 Å². The summed E-state index contributed by atoms with van der Waals surface area (Å²) in [5.41, 5.74) is 19.8. The molecule has 374 valence electrons. The zero-order chi connectivity index (χ0) is 53.1. The van der Waals surface area contributed by atoms with Crippen molar-refractivity contribution in [2.45, 2.75) is 52.4 Å². The van der Waals surface area contributed by atoms with Gasteiger partial charge in [-0.1, -0.05) is 224 Å². The van der Waals surface area contributed by atoms with E-state index in [9.17, 15) is 0 Å². The van der Waals surface area contributed by atoms with Gasteiger partial charge in [0, 0.05) is 56.0 Å². The minimum Gasteiger partial charge on any atom is -0.311 e. The summed E-state index contributed by atoms with van der Waals surface area (Å²) >= 11 is 0. The standard InChI is InChI=1S/C75H56BN3/c1-74(2,3)55-29-33-57(34-30-55)78-65-43-54(53-41-63(45-15-9-7-10-16-45)77-64(42-53)46-17-11-8-12-18-46)44-66-71(65)76(61-39-51-25-23-47-19-13-21-49-27-37-59(72(61)78)69(51)67(47)49)62-40-52-26-24-48-20-14-22-50-28-38-60(70(52)68(48)50)73(62)79(66)58-35-31-56(32-36-58)75(4,5)6/h7-44H,1-6H3. The number of hydrogen-bond acceptors (Lipinski definition) is 3. The Hall–Kier alpha value is -9.25. The number of aromatic nitrogens is 1. The summed E-state index contributed by atoms with van der Waals surface area (Å²) in [5.74, 6) is 0. The molecule has 3 nitrogen and oxygen atoms in total. The zero-order valence-electron chi connectivity index (χ0n) is 45.4. The molecule has 0 N–H and O–H groups in total. The Bertz CT molecular complexity index is 4450. The lowest BCUT2D eigenvalue weighted by Gasteiger charge is -2.45. The van der Waals surface area contributed by atoms with Gasteiger partial charge in [-0.05, 0) is 152 Å². The smallest absolute Gasteiger partial charge is 0.252 e. The third kappa shape index (κ3) is 6.90. The summed E-state index contributed by atoms with van der Waals surface area (Å²) in [4.78, 5) is 10.7. The molecule has 16 rings (SSSR count). The van der Waals surface area contributed by atoms with E-state index in [1.807, 2.05) is 0 Å². The summed E-state index contributed by atoms with van der Waals surface area (Å²) in [6, 6.07) is 87.5. The normalized spacial score (nSPS) is 13.4. The molecule has 0 saturated heterocycles. The van der Waals surface area contributed by atoms with Gasteiger partial charge in [-0.15, -0.1) is 0 Å². The van der Waals surface area contributed by atoms with Gasteiger partial charge in [-0.3, -0.25) is 0 Å². The SMILES string of the molecule is CC(C)(C)c1ccc(N2c3cc(-c4cc(-c5ccccc5)nc(-c5ccccc5)c4)cc4c3B(c3cc5ccc6cccc7ccc(c32)c5c67)c2cc3ccc5cccc6ccc(c2N4c2ccc(C(C)(C)C)cc2)c3c56)cc1. The number of nitrogens with zero attached hydrogens (tertiary/aromatic N) is 3. The van der Waals surface area contributed by atoms with Crippen LogP contribution in [0.15, 0.2) is 231 Å². The van der Waals surface area contributed by atoms with Crippen LogP contribution in [0.1, 0.15) is 52.7 Å². The van der Waals surface area contributed by atoms with Crippen LogP contribution in [0.3, 0.4) is 0 Å². The van der Waals surface area contributed by atoms with E-state index in [1.54, 1.807) is 0 Å². The van der Waals surface area contributed by atoms with E-state index in [0.29, 0.717) is 0 Å². The first-order valence-corrected chi connectivity index (χ1v) is 28.0. The highest BCUT2D eigenvalue weighted by Crippen LogP contribution is 2.52. The molecule has 0 amide bonds. The summed E-state index contributed by atoms with van der Waals surface area (Å²) in [6.45, 7) is 13.7. The highest BCUT2D eigenvalue weighted by molar-refractivity contribution is 7.01. The van der Waals surface area contributed by atoms with Crippen LogP contribution in [0.5, 0.6) is 0 Å². The molecule has 1 aromatic heterocycles. The van der Waals surface area contributed by atoms with Gasteiger partial charge in [0.05, 0.1) is 11.4 Å². The van der Waals surface area contributed by atoms with E-state index in [1.165, 1.54) is 115 Å². The second-order valence-electron chi connectivity index (χ2n) is 24.3. The summed E-state index contributed by atoms with van der Waals surface area (Å²) in [7, 11) is 0. The Morgan fingerprint density at radius 1 is 0.329 bits per heavy atom. The zero-order valence-corrected chi connectivity index (χ0v) is 45.4. The largest absolute Gasteiger partial charge is 0.311 e. The molecular formula is C75H56BN3. The average Bonchev–Trinajstić information content (AvgIpc) is 2.51. The Labute approximate surface area is 461 Å². The van der Waals surface area contributed by atoms with E-state index >= 15 is 0 Å². The van der Waals surface area contributed by atoms with Gasteiger partial charge in [0.1, 0.15) is 0 Å². The summed E-state index contributed by atoms with van der Waals surface area (Å²) in [5, 5.41) is 15.4. The monoisotopic (exact) mass is 1010 g/mol. The molecule has 79 heavy (non-hydrogen) atoms. The number of hydrogen-bond donors (Lipinski definition) is 0. The maximum atomic E-state index is 5.42. The Morgan fingerprint density at radius 3 is 1.11 bits per heavy atom. The molecule has 2 aliphatic rings. The van der Waals surface area contributed by atoms with Crippen LogP contribution >= 0.6 is 0 Å². The highest BCUT2D eigenvalue weighted by atomic mass is 15.2. The molecule has 0 bridgehead atoms. The van der Waals surface area contributed by atoms with Crippen LogP contribution in [0, 0.1) is 0 Å². The summed E-state index contributed by atoms with van der Waals surface area (Å²) in [6.07, 6.45) is 0. The minimum absolute atomic E-state index is 0.0205. The lowest BCUT2D eigenvalue weighted by Crippen LogP contribution is -2.61. The van der Waals surface area contributed by atoms with Gasteiger partial charge in [0.25, 0.3) is 6.71 Å². The van der Waals surface area contributed by atoms with Crippen molar-refractivity contribution < 1.29 is 0 Å². The first-order valence-electron chi connectivity index (χ1n) is 28.0. The van der Waals surface area contributed by atoms with Gasteiger partial charge < -0.3 is 9.80 Å². The van der Waals surface area contributed by atoms with Crippen molar-refractivity contribution >= 4 is 122 Å². The molecule has 0 radical (unpaired) electrons. The Balaban J connectivity index is 1.09. The molecule has 2 aliphatic heterocycles. The number of rotatable bonds is 5. The van der Waals surface area contributed by atoms with Gasteiger partial charge in [0.15, 0.2) is 0 Å².